The van der Waals surface area contributed by atoms with Gasteiger partial charge in [-0.05, 0) is 12.1 Å². The van der Waals surface area contributed by atoms with Crippen LogP contribution in [-0.4, -0.2) is 26.6 Å². The van der Waals surface area contributed by atoms with Gasteiger partial charge in [0.15, 0.2) is 11.6 Å². The van der Waals surface area contributed by atoms with E-state index < -0.39 is 17.7 Å². The van der Waals surface area contributed by atoms with Crippen LogP contribution >= 0.6 is 0 Å². The molecule has 0 radical (unpaired) electrons. The SMILES string of the molecule is Oc1ccc(OC(O)(O)O)cc1F. The maximum atomic E-state index is 12.6. The molecule has 0 saturated heterocycles. The monoisotopic (exact) mass is 190 g/mol. The molecular weight excluding hydrogens is 183 g/mol. The van der Waals surface area contributed by atoms with Crippen LogP contribution in [0.4, 0.5) is 4.39 Å². The second-order valence-corrected chi connectivity index (χ2v) is 2.29. The summed E-state index contributed by atoms with van der Waals surface area (Å²) in [4.78, 5) is 0. The van der Waals surface area contributed by atoms with Gasteiger partial charge in [0.05, 0.1) is 0 Å². The zero-order chi connectivity index (χ0) is 10.1. The maximum Gasteiger partial charge on any atom is 0.453 e. The first-order valence-corrected chi connectivity index (χ1v) is 3.23. The van der Waals surface area contributed by atoms with Gasteiger partial charge in [-0.3, -0.25) is 0 Å². The third kappa shape index (κ3) is 2.86. The second-order valence-electron chi connectivity index (χ2n) is 2.29. The highest BCUT2D eigenvalue weighted by atomic mass is 19.1. The predicted molar refractivity (Wildman–Crippen MR) is 38.1 cm³/mol. The van der Waals surface area contributed by atoms with E-state index in [1.54, 1.807) is 0 Å². The van der Waals surface area contributed by atoms with Crippen LogP contribution in [0.1, 0.15) is 0 Å². The molecule has 13 heavy (non-hydrogen) atoms. The van der Waals surface area contributed by atoms with E-state index in [1.807, 2.05) is 0 Å². The van der Waals surface area contributed by atoms with Gasteiger partial charge >= 0.3 is 6.16 Å². The fraction of sp³-hybridized carbons (Fsp3) is 0.143. The third-order valence-corrected chi connectivity index (χ3v) is 1.17. The molecule has 0 atom stereocenters. The predicted octanol–water partition coefficient (Wildman–Crippen LogP) is -0.502. The van der Waals surface area contributed by atoms with Crippen LogP contribution in [0.15, 0.2) is 18.2 Å². The molecule has 0 fully saturated rings. The number of ether oxygens (including phenoxy) is 1. The first-order valence-electron chi connectivity index (χ1n) is 3.23. The van der Waals surface area contributed by atoms with Crippen molar-refractivity contribution in [2.24, 2.45) is 0 Å². The summed E-state index contributed by atoms with van der Waals surface area (Å²) >= 11 is 0. The van der Waals surface area contributed by atoms with Gasteiger partial charge in [-0.15, -0.1) is 0 Å². The summed E-state index contributed by atoms with van der Waals surface area (Å²) in [6.07, 6.45) is -3.36. The number of benzene rings is 1. The summed E-state index contributed by atoms with van der Waals surface area (Å²) in [5.41, 5.74) is 0. The molecule has 72 valence electrons. The molecule has 0 amide bonds. The van der Waals surface area contributed by atoms with E-state index in [0.29, 0.717) is 6.07 Å². The molecule has 0 aliphatic rings. The van der Waals surface area contributed by atoms with Crippen molar-refractivity contribution < 1.29 is 29.6 Å². The van der Waals surface area contributed by atoms with Crippen molar-refractivity contribution in [2.45, 2.75) is 6.16 Å². The van der Waals surface area contributed by atoms with Crippen LogP contribution in [0.5, 0.6) is 11.5 Å². The average Bonchev–Trinajstić information content (AvgIpc) is 1.94. The van der Waals surface area contributed by atoms with Crippen molar-refractivity contribution in [3.05, 3.63) is 24.0 Å². The van der Waals surface area contributed by atoms with Gasteiger partial charge in [0.1, 0.15) is 5.75 Å². The normalized spacial score (nSPS) is 11.4. The fourth-order valence-electron chi connectivity index (χ4n) is 0.709. The van der Waals surface area contributed by atoms with Crippen LogP contribution in [0.25, 0.3) is 0 Å². The number of halogens is 1. The van der Waals surface area contributed by atoms with Gasteiger partial charge in [0.25, 0.3) is 0 Å². The molecule has 0 bridgehead atoms. The van der Waals surface area contributed by atoms with Crippen molar-refractivity contribution in [2.75, 3.05) is 0 Å². The minimum absolute atomic E-state index is 0.331. The van der Waals surface area contributed by atoms with Crippen molar-refractivity contribution >= 4 is 0 Å². The average molecular weight is 190 g/mol. The molecule has 0 unspecified atom stereocenters. The van der Waals surface area contributed by atoms with Crippen molar-refractivity contribution in [1.82, 2.24) is 0 Å². The lowest BCUT2D eigenvalue weighted by molar-refractivity contribution is -0.419. The Hall–Kier alpha value is -1.37. The van der Waals surface area contributed by atoms with E-state index in [1.165, 1.54) is 0 Å². The van der Waals surface area contributed by atoms with Crippen LogP contribution in [0, 0.1) is 5.82 Å². The minimum atomic E-state index is -3.36. The van der Waals surface area contributed by atoms with E-state index in [0.717, 1.165) is 12.1 Å². The first kappa shape index (κ1) is 9.72. The minimum Gasteiger partial charge on any atom is -0.505 e. The second kappa shape index (κ2) is 3.17. The molecule has 0 saturated carbocycles. The molecule has 5 nitrogen and oxygen atoms in total. The first-order chi connectivity index (χ1) is 5.88. The van der Waals surface area contributed by atoms with E-state index in [2.05, 4.69) is 4.74 Å². The number of aliphatic hydroxyl groups is 3. The quantitative estimate of drug-likeness (QED) is 0.472. The largest absolute Gasteiger partial charge is 0.505 e. The standard InChI is InChI=1S/C7H7FO5/c8-5-3-4(1-2-6(5)9)13-7(10,11)12/h1-3,9-12H. The summed E-state index contributed by atoms with van der Waals surface area (Å²) in [5, 5.41) is 33.7. The van der Waals surface area contributed by atoms with E-state index >= 15 is 0 Å². The topological polar surface area (TPSA) is 90.2 Å². The Balaban J connectivity index is 2.86. The molecule has 1 aromatic carbocycles. The number of phenols is 1. The Kier molecular flexibility index (Phi) is 2.37. The molecule has 0 spiro atoms. The van der Waals surface area contributed by atoms with Gasteiger partial charge in [-0.25, -0.2) is 4.39 Å². The molecule has 0 aromatic heterocycles. The highest BCUT2D eigenvalue weighted by Gasteiger charge is 2.21. The van der Waals surface area contributed by atoms with Crippen LogP contribution < -0.4 is 4.74 Å². The lowest BCUT2D eigenvalue weighted by Crippen LogP contribution is -2.34. The van der Waals surface area contributed by atoms with E-state index in [9.17, 15) is 4.39 Å². The zero-order valence-corrected chi connectivity index (χ0v) is 6.31. The van der Waals surface area contributed by atoms with Crippen LogP contribution in [0.2, 0.25) is 0 Å². The van der Waals surface area contributed by atoms with Crippen molar-refractivity contribution in [3.8, 4) is 11.5 Å². The van der Waals surface area contributed by atoms with Gasteiger partial charge in [-0.2, -0.15) is 0 Å². The summed E-state index contributed by atoms with van der Waals surface area (Å²) in [6, 6.07) is 2.68. The molecule has 4 N–H and O–H groups in total. The molecule has 0 heterocycles. The molecule has 1 rings (SSSR count). The number of hydrogen-bond donors (Lipinski definition) is 4. The van der Waals surface area contributed by atoms with Crippen LogP contribution in [-0.2, 0) is 0 Å². The Labute approximate surface area is 72.3 Å². The summed E-state index contributed by atoms with van der Waals surface area (Å²) in [5.74, 6) is -1.93. The van der Waals surface area contributed by atoms with Crippen molar-refractivity contribution in [1.29, 1.82) is 0 Å². The highest BCUT2D eigenvalue weighted by molar-refractivity contribution is 5.31. The lowest BCUT2D eigenvalue weighted by Gasteiger charge is -2.15. The molecule has 1 aromatic rings. The lowest BCUT2D eigenvalue weighted by atomic mass is 10.3. The molecule has 0 aliphatic carbocycles. The zero-order valence-electron chi connectivity index (χ0n) is 6.31. The molecule has 0 aliphatic heterocycles. The van der Waals surface area contributed by atoms with E-state index in [-0.39, 0.29) is 5.75 Å². The van der Waals surface area contributed by atoms with Gasteiger partial charge in [0, 0.05) is 6.07 Å². The highest BCUT2D eigenvalue weighted by Crippen LogP contribution is 2.22. The van der Waals surface area contributed by atoms with Gasteiger partial charge < -0.3 is 25.2 Å². The Morgan fingerprint density at radius 2 is 1.85 bits per heavy atom. The van der Waals surface area contributed by atoms with Gasteiger partial charge in [-0.1, -0.05) is 0 Å². The van der Waals surface area contributed by atoms with Crippen molar-refractivity contribution in [3.63, 3.8) is 0 Å². The third-order valence-electron chi connectivity index (χ3n) is 1.17. The smallest absolute Gasteiger partial charge is 0.453 e. The van der Waals surface area contributed by atoms with Gasteiger partial charge in [0.2, 0.25) is 0 Å². The number of aromatic hydroxyl groups is 1. The fourth-order valence-corrected chi connectivity index (χ4v) is 0.709. The van der Waals surface area contributed by atoms with Crippen LogP contribution in [0.3, 0.4) is 0 Å². The Bertz CT molecular complexity index is 306. The number of rotatable bonds is 2. The summed E-state index contributed by atoms with van der Waals surface area (Å²) < 4.78 is 16.6. The molecular formula is C7H7FO5. The maximum absolute atomic E-state index is 12.6. The number of phenolic OH excluding ortho intramolecular Hbond substituents is 1. The number of hydrogen-bond acceptors (Lipinski definition) is 5. The Morgan fingerprint density at radius 3 is 2.31 bits per heavy atom. The Morgan fingerprint density at radius 1 is 1.23 bits per heavy atom. The summed E-state index contributed by atoms with van der Waals surface area (Å²) in [6.45, 7) is 0. The van der Waals surface area contributed by atoms with E-state index in [4.69, 9.17) is 20.4 Å². The molecule has 6 heteroatoms. The summed E-state index contributed by atoms with van der Waals surface area (Å²) in [7, 11) is 0.